The van der Waals surface area contributed by atoms with Crippen LogP contribution in [-0.2, 0) is 4.79 Å². The molecular formula is C10H20N2O2. The third kappa shape index (κ3) is 3.27. The number of carbonyl (C=O) groups is 1. The van der Waals surface area contributed by atoms with Gasteiger partial charge in [-0.3, -0.25) is 9.69 Å². The lowest BCUT2D eigenvalue weighted by Gasteiger charge is -2.38. The third-order valence-electron chi connectivity index (χ3n) is 2.71. The highest BCUT2D eigenvalue weighted by molar-refractivity contribution is 5.67. The number of hydrogen-bond acceptors (Lipinski definition) is 3. The first-order chi connectivity index (χ1) is 6.63. The molecule has 2 atom stereocenters. The summed E-state index contributed by atoms with van der Waals surface area (Å²) in [6.07, 6.45) is 1.36. The van der Waals surface area contributed by atoms with Gasteiger partial charge in [-0.15, -0.1) is 0 Å². The van der Waals surface area contributed by atoms with Crippen LogP contribution in [0.15, 0.2) is 0 Å². The average Bonchev–Trinajstić information content (AvgIpc) is 2.10. The topological polar surface area (TPSA) is 52.6 Å². The summed E-state index contributed by atoms with van der Waals surface area (Å²) in [5.41, 5.74) is 0. The molecule has 4 nitrogen and oxygen atoms in total. The van der Waals surface area contributed by atoms with Gasteiger partial charge in [-0.1, -0.05) is 6.92 Å². The molecule has 2 N–H and O–H groups in total. The van der Waals surface area contributed by atoms with Crippen molar-refractivity contribution in [2.24, 2.45) is 0 Å². The number of rotatable bonds is 4. The maximum atomic E-state index is 10.6. The second kappa shape index (κ2) is 5.32. The number of piperazine rings is 1. The zero-order chi connectivity index (χ0) is 10.6. The first-order valence-electron chi connectivity index (χ1n) is 5.32. The van der Waals surface area contributed by atoms with Crippen LogP contribution in [0.4, 0.5) is 0 Å². The molecule has 1 heterocycles. The quantitative estimate of drug-likeness (QED) is 0.695. The van der Waals surface area contributed by atoms with Crippen molar-refractivity contribution in [3.05, 3.63) is 0 Å². The molecule has 0 bridgehead atoms. The summed E-state index contributed by atoms with van der Waals surface area (Å²) in [5.74, 6) is -0.714. The zero-order valence-electron chi connectivity index (χ0n) is 8.99. The molecule has 0 amide bonds. The molecule has 0 aromatic rings. The summed E-state index contributed by atoms with van der Waals surface area (Å²) in [7, 11) is 0. The van der Waals surface area contributed by atoms with Gasteiger partial charge in [-0.25, -0.2) is 0 Å². The third-order valence-corrected chi connectivity index (χ3v) is 2.71. The summed E-state index contributed by atoms with van der Waals surface area (Å²) in [5, 5.41) is 12.0. The predicted octanol–water partition coefficient (Wildman–Crippen LogP) is 0.533. The first kappa shape index (κ1) is 11.5. The summed E-state index contributed by atoms with van der Waals surface area (Å²) < 4.78 is 0. The smallest absolute Gasteiger partial charge is 0.304 e. The van der Waals surface area contributed by atoms with E-state index in [0.29, 0.717) is 6.04 Å². The molecule has 0 spiro atoms. The maximum absolute atomic E-state index is 10.6. The predicted molar refractivity (Wildman–Crippen MR) is 55.4 cm³/mol. The Balaban J connectivity index is 2.40. The van der Waals surface area contributed by atoms with E-state index in [9.17, 15) is 4.79 Å². The van der Waals surface area contributed by atoms with Crippen LogP contribution in [0.2, 0.25) is 0 Å². The molecule has 4 heteroatoms. The molecule has 0 radical (unpaired) electrons. The highest BCUT2D eigenvalue weighted by atomic mass is 16.4. The fourth-order valence-corrected chi connectivity index (χ4v) is 1.94. The Morgan fingerprint density at radius 2 is 2.36 bits per heavy atom. The first-order valence-corrected chi connectivity index (χ1v) is 5.32. The van der Waals surface area contributed by atoms with Gasteiger partial charge in [0.05, 0.1) is 6.42 Å². The number of carboxylic acids is 1. The second-order valence-corrected chi connectivity index (χ2v) is 4.05. The van der Waals surface area contributed by atoms with Crippen molar-refractivity contribution in [3.63, 3.8) is 0 Å². The lowest BCUT2D eigenvalue weighted by molar-refractivity contribution is -0.137. The van der Waals surface area contributed by atoms with E-state index >= 15 is 0 Å². The molecule has 82 valence electrons. The minimum atomic E-state index is -0.714. The van der Waals surface area contributed by atoms with E-state index in [0.717, 1.165) is 26.1 Å². The van der Waals surface area contributed by atoms with Crippen LogP contribution < -0.4 is 5.32 Å². The van der Waals surface area contributed by atoms with Crippen molar-refractivity contribution >= 4 is 5.97 Å². The van der Waals surface area contributed by atoms with Crippen molar-refractivity contribution < 1.29 is 9.90 Å². The van der Waals surface area contributed by atoms with E-state index in [-0.39, 0.29) is 12.5 Å². The monoisotopic (exact) mass is 200 g/mol. The molecule has 1 saturated heterocycles. The number of nitrogens with one attached hydrogen (secondary N) is 1. The Labute approximate surface area is 85.3 Å². The molecule has 0 aromatic carbocycles. The fourth-order valence-electron chi connectivity index (χ4n) is 1.94. The lowest BCUT2D eigenvalue weighted by Crippen LogP contribution is -2.55. The van der Waals surface area contributed by atoms with Crippen LogP contribution in [0, 0.1) is 0 Å². The second-order valence-electron chi connectivity index (χ2n) is 4.05. The zero-order valence-corrected chi connectivity index (χ0v) is 8.99. The highest BCUT2D eigenvalue weighted by Gasteiger charge is 2.25. The molecule has 0 aliphatic carbocycles. The van der Waals surface area contributed by atoms with E-state index in [4.69, 9.17) is 5.11 Å². The van der Waals surface area contributed by atoms with Crippen LogP contribution in [0.1, 0.15) is 26.7 Å². The molecule has 1 aliphatic rings. The highest BCUT2D eigenvalue weighted by Crippen LogP contribution is 2.09. The van der Waals surface area contributed by atoms with E-state index < -0.39 is 5.97 Å². The Kier molecular flexibility index (Phi) is 4.35. The summed E-state index contributed by atoms with van der Waals surface area (Å²) in [6.45, 7) is 7.17. The van der Waals surface area contributed by atoms with E-state index in [1.807, 2.05) is 0 Å². The Hall–Kier alpha value is -0.610. The minimum Gasteiger partial charge on any atom is -0.481 e. The van der Waals surface area contributed by atoms with Gasteiger partial charge in [0.1, 0.15) is 0 Å². The van der Waals surface area contributed by atoms with Crippen LogP contribution in [-0.4, -0.2) is 47.7 Å². The van der Waals surface area contributed by atoms with Crippen LogP contribution in [0.3, 0.4) is 0 Å². The van der Waals surface area contributed by atoms with E-state index in [1.165, 1.54) is 0 Å². The average molecular weight is 200 g/mol. The van der Waals surface area contributed by atoms with Gasteiger partial charge < -0.3 is 10.4 Å². The molecular weight excluding hydrogens is 180 g/mol. The van der Waals surface area contributed by atoms with Crippen LogP contribution >= 0.6 is 0 Å². The van der Waals surface area contributed by atoms with Gasteiger partial charge in [-0.05, 0) is 19.9 Å². The van der Waals surface area contributed by atoms with Crippen molar-refractivity contribution in [1.29, 1.82) is 0 Å². The Morgan fingerprint density at radius 1 is 1.64 bits per heavy atom. The Morgan fingerprint density at radius 3 is 2.93 bits per heavy atom. The van der Waals surface area contributed by atoms with Gasteiger partial charge >= 0.3 is 5.97 Å². The van der Waals surface area contributed by atoms with Crippen LogP contribution in [0.25, 0.3) is 0 Å². The molecule has 14 heavy (non-hydrogen) atoms. The van der Waals surface area contributed by atoms with Gasteiger partial charge in [0, 0.05) is 25.2 Å². The molecule has 1 rings (SSSR count). The van der Waals surface area contributed by atoms with Gasteiger partial charge in [0.2, 0.25) is 0 Å². The summed E-state index contributed by atoms with van der Waals surface area (Å²) >= 11 is 0. The molecule has 0 aromatic heterocycles. The van der Waals surface area contributed by atoms with Crippen molar-refractivity contribution in [3.8, 4) is 0 Å². The molecule has 0 saturated carbocycles. The molecule has 2 unspecified atom stereocenters. The number of carboxylic acid groups (broad SMARTS) is 1. The van der Waals surface area contributed by atoms with E-state index in [1.54, 1.807) is 0 Å². The largest absolute Gasteiger partial charge is 0.481 e. The SMILES string of the molecule is CCCN1CC(CC(=O)O)NCC1C. The van der Waals surface area contributed by atoms with Crippen LogP contribution in [0.5, 0.6) is 0 Å². The summed E-state index contributed by atoms with van der Waals surface area (Å²) in [6, 6.07) is 0.648. The maximum Gasteiger partial charge on any atom is 0.304 e. The minimum absolute atomic E-state index is 0.121. The van der Waals surface area contributed by atoms with Crippen molar-refractivity contribution in [1.82, 2.24) is 10.2 Å². The van der Waals surface area contributed by atoms with Gasteiger partial charge in [0.25, 0.3) is 0 Å². The number of hydrogen-bond donors (Lipinski definition) is 2. The molecule has 1 aliphatic heterocycles. The van der Waals surface area contributed by atoms with Crippen molar-refractivity contribution in [2.45, 2.75) is 38.8 Å². The number of nitrogens with zero attached hydrogens (tertiary/aromatic N) is 1. The van der Waals surface area contributed by atoms with Crippen molar-refractivity contribution in [2.75, 3.05) is 19.6 Å². The fraction of sp³-hybridized carbons (Fsp3) is 0.900. The number of aliphatic carboxylic acids is 1. The summed E-state index contributed by atoms with van der Waals surface area (Å²) in [4.78, 5) is 12.9. The molecule has 1 fully saturated rings. The lowest BCUT2D eigenvalue weighted by atomic mass is 10.1. The standard InChI is InChI=1S/C10H20N2O2/c1-3-4-12-7-9(5-10(13)14)11-6-8(12)2/h8-9,11H,3-7H2,1-2H3,(H,13,14). The van der Waals surface area contributed by atoms with Gasteiger partial charge in [0.15, 0.2) is 0 Å². The normalized spacial score (nSPS) is 29.0. The van der Waals surface area contributed by atoms with E-state index in [2.05, 4.69) is 24.1 Å². The van der Waals surface area contributed by atoms with Gasteiger partial charge in [-0.2, -0.15) is 0 Å². The Bertz CT molecular complexity index is 197.